The predicted octanol–water partition coefficient (Wildman–Crippen LogP) is 2.53. The van der Waals surface area contributed by atoms with Crippen molar-refractivity contribution in [3.63, 3.8) is 0 Å². The first-order valence-electron chi connectivity index (χ1n) is 6.61. The van der Waals surface area contributed by atoms with Crippen LogP contribution in [0.15, 0.2) is 0 Å². The summed E-state index contributed by atoms with van der Waals surface area (Å²) in [5.41, 5.74) is 0. The van der Waals surface area contributed by atoms with E-state index in [2.05, 4.69) is 4.98 Å². The van der Waals surface area contributed by atoms with E-state index in [0.717, 1.165) is 6.04 Å². The summed E-state index contributed by atoms with van der Waals surface area (Å²) in [6.07, 6.45) is 16.1. The summed E-state index contributed by atoms with van der Waals surface area (Å²) in [4.78, 5) is 3.59. The predicted molar refractivity (Wildman–Crippen MR) is 67.6 cm³/mol. The third-order valence-electron chi connectivity index (χ3n) is 3.51. The van der Waals surface area contributed by atoms with E-state index in [1.807, 2.05) is 0 Å². The standard InChI is InChI=1S/C12H27NSi/c14-13-12-10-8-6-4-2-1-3-5-7-9-11-12/h12-13H,1-11H2,14H3. The van der Waals surface area contributed by atoms with Gasteiger partial charge in [0.25, 0.3) is 0 Å². The second-order valence-corrected chi connectivity index (χ2v) is 5.32. The van der Waals surface area contributed by atoms with E-state index < -0.39 is 0 Å². The zero-order chi connectivity index (χ0) is 10.1. The van der Waals surface area contributed by atoms with Crippen LogP contribution < -0.4 is 4.98 Å². The average Bonchev–Trinajstić information content (AvgIpc) is 2.19. The molecule has 2 heteroatoms. The van der Waals surface area contributed by atoms with Crippen LogP contribution in [0.3, 0.4) is 0 Å². The molecule has 0 aromatic carbocycles. The van der Waals surface area contributed by atoms with Crippen LogP contribution in [-0.2, 0) is 0 Å². The Morgan fingerprint density at radius 2 is 1.00 bits per heavy atom. The van der Waals surface area contributed by atoms with Gasteiger partial charge < -0.3 is 4.98 Å². The molecule has 1 aliphatic rings. The van der Waals surface area contributed by atoms with Crippen LogP contribution in [0.25, 0.3) is 0 Å². The van der Waals surface area contributed by atoms with Gasteiger partial charge >= 0.3 is 0 Å². The Labute approximate surface area is 92.5 Å². The van der Waals surface area contributed by atoms with Crippen molar-refractivity contribution < 1.29 is 0 Å². The molecule has 1 N–H and O–H groups in total. The van der Waals surface area contributed by atoms with Crippen molar-refractivity contribution in [2.24, 2.45) is 0 Å². The molecular weight excluding hydrogens is 186 g/mol. The molecule has 1 aliphatic carbocycles. The Morgan fingerprint density at radius 1 is 0.643 bits per heavy atom. The summed E-state index contributed by atoms with van der Waals surface area (Å²) >= 11 is 0. The summed E-state index contributed by atoms with van der Waals surface area (Å²) in [6, 6.07) is 0.862. The molecule has 0 radical (unpaired) electrons. The van der Waals surface area contributed by atoms with Gasteiger partial charge in [-0.15, -0.1) is 0 Å². The minimum atomic E-state index is 0.862. The average molecular weight is 213 g/mol. The highest BCUT2D eigenvalue weighted by atomic mass is 28.2. The summed E-state index contributed by atoms with van der Waals surface area (Å²) in [5, 5.41) is 0. The van der Waals surface area contributed by atoms with Crippen molar-refractivity contribution in [1.29, 1.82) is 0 Å². The maximum absolute atomic E-state index is 3.59. The SMILES string of the molecule is [SiH3]NC1CCCCCCCCCCC1. The van der Waals surface area contributed by atoms with E-state index in [1.165, 1.54) is 81.0 Å². The minimum absolute atomic E-state index is 0.862. The number of nitrogens with one attached hydrogen (secondary N) is 1. The lowest BCUT2D eigenvalue weighted by Gasteiger charge is -2.16. The molecule has 0 saturated heterocycles. The molecule has 1 rings (SSSR count). The van der Waals surface area contributed by atoms with Gasteiger partial charge in [0, 0.05) is 0 Å². The highest BCUT2D eigenvalue weighted by Gasteiger charge is 2.05. The fraction of sp³-hybridized carbons (Fsp3) is 1.00. The summed E-state index contributed by atoms with van der Waals surface area (Å²) in [7, 11) is 1.17. The van der Waals surface area contributed by atoms with Gasteiger partial charge in [-0.25, -0.2) is 0 Å². The highest BCUT2D eigenvalue weighted by molar-refractivity contribution is 6.04. The molecule has 0 atom stereocenters. The Kier molecular flexibility index (Phi) is 7.42. The fourth-order valence-electron chi connectivity index (χ4n) is 2.45. The van der Waals surface area contributed by atoms with Crippen LogP contribution in [0.1, 0.15) is 70.6 Å². The van der Waals surface area contributed by atoms with E-state index in [9.17, 15) is 0 Å². The molecule has 84 valence electrons. The zero-order valence-electron chi connectivity index (χ0n) is 9.86. The van der Waals surface area contributed by atoms with Crippen LogP contribution in [-0.4, -0.2) is 16.4 Å². The van der Waals surface area contributed by atoms with Crippen molar-refractivity contribution in [2.45, 2.75) is 76.7 Å². The number of rotatable bonds is 1. The van der Waals surface area contributed by atoms with E-state index >= 15 is 0 Å². The summed E-state index contributed by atoms with van der Waals surface area (Å²) < 4.78 is 0. The molecule has 0 aromatic rings. The normalized spacial score (nSPS) is 24.0. The molecule has 0 unspecified atom stereocenters. The van der Waals surface area contributed by atoms with E-state index in [4.69, 9.17) is 0 Å². The third-order valence-corrected chi connectivity index (χ3v) is 4.33. The van der Waals surface area contributed by atoms with Gasteiger partial charge in [0.05, 0.1) is 10.4 Å². The highest BCUT2D eigenvalue weighted by Crippen LogP contribution is 2.16. The van der Waals surface area contributed by atoms with Crippen molar-refractivity contribution >= 4 is 10.4 Å². The molecule has 0 aromatic heterocycles. The first-order chi connectivity index (χ1) is 6.93. The molecule has 1 nitrogen and oxygen atoms in total. The molecular formula is C12H27NSi. The third kappa shape index (κ3) is 5.81. The van der Waals surface area contributed by atoms with E-state index in [0.29, 0.717) is 0 Å². The lowest BCUT2D eigenvalue weighted by atomic mass is 9.98. The van der Waals surface area contributed by atoms with Crippen molar-refractivity contribution in [1.82, 2.24) is 4.98 Å². The maximum atomic E-state index is 3.59. The second-order valence-electron chi connectivity index (χ2n) is 4.74. The lowest BCUT2D eigenvalue weighted by Crippen LogP contribution is -2.26. The number of hydrogen-bond donors (Lipinski definition) is 1. The van der Waals surface area contributed by atoms with Crippen LogP contribution in [0.4, 0.5) is 0 Å². The molecule has 1 saturated carbocycles. The van der Waals surface area contributed by atoms with Gasteiger partial charge in [-0.2, -0.15) is 0 Å². The molecule has 0 spiro atoms. The Bertz CT molecular complexity index is 115. The zero-order valence-corrected chi connectivity index (χ0v) is 11.9. The molecule has 0 amide bonds. The van der Waals surface area contributed by atoms with Gasteiger partial charge in [-0.1, -0.05) is 57.8 Å². The fourth-order valence-corrected chi connectivity index (χ4v) is 3.03. The summed E-state index contributed by atoms with van der Waals surface area (Å²) in [6.45, 7) is 0. The van der Waals surface area contributed by atoms with Gasteiger partial charge in [0.1, 0.15) is 0 Å². The molecule has 0 aliphatic heterocycles. The van der Waals surface area contributed by atoms with Gasteiger partial charge in [0.2, 0.25) is 0 Å². The van der Waals surface area contributed by atoms with E-state index in [-0.39, 0.29) is 0 Å². The molecule has 0 heterocycles. The Morgan fingerprint density at radius 3 is 1.36 bits per heavy atom. The van der Waals surface area contributed by atoms with Crippen LogP contribution in [0.5, 0.6) is 0 Å². The topological polar surface area (TPSA) is 12.0 Å². The first-order valence-corrected chi connectivity index (χ1v) is 7.61. The Balaban J connectivity index is 2.17. The van der Waals surface area contributed by atoms with Crippen molar-refractivity contribution in [2.75, 3.05) is 0 Å². The quantitative estimate of drug-likeness (QED) is 0.660. The van der Waals surface area contributed by atoms with Crippen LogP contribution >= 0.6 is 0 Å². The largest absolute Gasteiger partial charge is 0.343 e. The monoisotopic (exact) mass is 213 g/mol. The molecule has 1 fully saturated rings. The second kappa shape index (κ2) is 8.48. The Hall–Kier alpha value is 0.177. The maximum Gasteiger partial charge on any atom is 0.0752 e. The van der Waals surface area contributed by atoms with Gasteiger partial charge in [0.15, 0.2) is 0 Å². The first kappa shape index (κ1) is 12.2. The van der Waals surface area contributed by atoms with Crippen molar-refractivity contribution in [3.05, 3.63) is 0 Å². The van der Waals surface area contributed by atoms with E-state index in [1.54, 1.807) is 0 Å². The summed E-state index contributed by atoms with van der Waals surface area (Å²) in [5.74, 6) is 0. The van der Waals surface area contributed by atoms with Crippen LogP contribution in [0, 0.1) is 0 Å². The van der Waals surface area contributed by atoms with Crippen molar-refractivity contribution in [3.8, 4) is 0 Å². The molecule has 14 heavy (non-hydrogen) atoms. The van der Waals surface area contributed by atoms with Crippen LogP contribution in [0.2, 0.25) is 0 Å². The minimum Gasteiger partial charge on any atom is -0.343 e. The lowest BCUT2D eigenvalue weighted by molar-refractivity contribution is 0.448. The molecule has 0 bridgehead atoms. The van der Waals surface area contributed by atoms with Gasteiger partial charge in [-0.3, -0.25) is 0 Å². The number of hydrogen-bond acceptors (Lipinski definition) is 1. The van der Waals surface area contributed by atoms with Gasteiger partial charge in [-0.05, 0) is 18.9 Å². The smallest absolute Gasteiger partial charge is 0.0752 e.